The van der Waals surface area contributed by atoms with E-state index in [9.17, 15) is 0 Å². The molecule has 0 amide bonds. The van der Waals surface area contributed by atoms with Crippen molar-refractivity contribution in [3.05, 3.63) is 12.2 Å². The largest absolute Gasteiger partial charge is 0.396 e. The second kappa shape index (κ2) is 5.33. The van der Waals surface area contributed by atoms with E-state index in [0.29, 0.717) is 0 Å². The number of hydrogen-bond acceptors (Lipinski definition) is 2. The third kappa shape index (κ3) is 5.33. The summed E-state index contributed by atoms with van der Waals surface area (Å²) in [7, 11) is 0. The van der Waals surface area contributed by atoms with Gasteiger partial charge in [-0.25, -0.2) is 0 Å². The zero-order valence-electron chi connectivity index (χ0n) is 8.48. The van der Waals surface area contributed by atoms with Crippen LogP contribution in [0.15, 0.2) is 12.2 Å². The van der Waals surface area contributed by atoms with Gasteiger partial charge in [-0.05, 0) is 6.42 Å². The van der Waals surface area contributed by atoms with Gasteiger partial charge < -0.3 is 10.4 Å². The highest BCUT2D eigenvalue weighted by molar-refractivity contribution is 4.95. The van der Waals surface area contributed by atoms with Crippen molar-refractivity contribution in [2.75, 3.05) is 19.7 Å². The maximum atomic E-state index is 8.95. The fraction of sp³-hybridized carbons (Fsp3) is 0.800. The molecule has 0 aliphatic carbocycles. The van der Waals surface area contributed by atoms with Crippen LogP contribution in [0.25, 0.3) is 0 Å². The number of aliphatic hydroxyl groups is 1. The lowest BCUT2D eigenvalue weighted by atomic mass is 9.95. The van der Waals surface area contributed by atoms with Crippen LogP contribution in [0.3, 0.4) is 0 Å². The summed E-state index contributed by atoms with van der Waals surface area (Å²) >= 11 is 0. The van der Waals surface area contributed by atoms with Crippen LogP contribution < -0.4 is 5.32 Å². The van der Waals surface area contributed by atoms with E-state index in [-0.39, 0.29) is 12.0 Å². The highest BCUT2D eigenvalue weighted by atomic mass is 16.3. The highest BCUT2D eigenvalue weighted by Gasteiger charge is 2.14. The van der Waals surface area contributed by atoms with Crippen LogP contribution in [0.5, 0.6) is 0 Å². The molecule has 0 rings (SSSR count). The van der Waals surface area contributed by atoms with Crippen molar-refractivity contribution in [1.82, 2.24) is 5.32 Å². The quantitative estimate of drug-likeness (QED) is 0.594. The molecule has 0 aromatic heterocycles. The molecule has 0 bridgehead atoms. The first kappa shape index (κ1) is 11.7. The molecule has 0 aliphatic heterocycles. The number of rotatable bonds is 6. The Morgan fingerprint density at radius 3 is 2.50 bits per heavy atom. The average Bonchev–Trinajstić information content (AvgIpc) is 2.04. The summed E-state index contributed by atoms with van der Waals surface area (Å²) in [4.78, 5) is 0. The van der Waals surface area contributed by atoms with Gasteiger partial charge in [0, 0.05) is 25.1 Å². The first-order valence-electron chi connectivity index (χ1n) is 4.50. The molecule has 2 N–H and O–H groups in total. The van der Waals surface area contributed by atoms with Crippen LogP contribution in [0, 0.1) is 5.41 Å². The van der Waals surface area contributed by atoms with Gasteiger partial charge in [0.2, 0.25) is 0 Å². The molecule has 0 aromatic carbocycles. The summed E-state index contributed by atoms with van der Waals surface area (Å²) in [5, 5.41) is 12.2. The Morgan fingerprint density at radius 1 is 1.50 bits per heavy atom. The van der Waals surface area contributed by atoms with Crippen LogP contribution in [-0.2, 0) is 0 Å². The smallest absolute Gasteiger partial charge is 0.0494 e. The zero-order chi connectivity index (χ0) is 9.61. The SMILES string of the molecule is C=C(CC)CNCC(C)(C)CO. The van der Waals surface area contributed by atoms with Crippen molar-refractivity contribution < 1.29 is 5.11 Å². The molecule has 0 spiro atoms. The topological polar surface area (TPSA) is 32.3 Å². The minimum atomic E-state index is -0.0198. The summed E-state index contributed by atoms with van der Waals surface area (Å²) in [6.07, 6.45) is 1.02. The lowest BCUT2D eigenvalue weighted by molar-refractivity contribution is 0.158. The predicted molar refractivity (Wildman–Crippen MR) is 53.2 cm³/mol. The van der Waals surface area contributed by atoms with Gasteiger partial charge in [0.1, 0.15) is 0 Å². The predicted octanol–water partition coefficient (Wildman–Crippen LogP) is 1.56. The number of hydrogen-bond donors (Lipinski definition) is 2. The van der Waals surface area contributed by atoms with Gasteiger partial charge in [0.25, 0.3) is 0 Å². The summed E-state index contributed by atoms with van der Waals surface area (Å²) in [5.41, 5.74) is 1.19. The standard InChI is InChI=1S/C10H21NO/c1-5-9(2)6-11-7-10(3,4)8-12/h11-12H,2,5-8H2,1,3-4H3. The molecule has 0 aliphatic rings. The fourth-order valence-electron chi connectivity index (χ4n) is 0.759. The molecular weight excluding hydrogens is 150 g/mol. The summed E-state index contributed by atoms with van der Waals surface area (Å²) in [6.45, 7) is 12.0. The fourth-order valence-corrected chi connectivity index (χ4v) is 0.759. The van der Waals surface area contributed by atoms with Crippen LogP contribution in [-0.4, -0.2) is 24.8 Å². The van der Waals surface area contributed by atoms with E-state index < -0.39 is 0 Å². The third-order valence-electron chi connectivity index (χ3n) is 1.91. The van der Waals surface area contributed by atoms with Gasteiger partial charge >= 0.3 is 0 Å². The van der Waals surface area contributed by atoms with Crippen molar-refractivity contribution in [2.45, 2.75) is 27.2 Å². The van der Waals surface area contributed by atoms with Gasteiger partial charge in [-0.2, -0.15) is 0 Å². The molecule has 0 radical (unpaired) electrons. The van der Waals surface area contributed by atoms with E-state index in [2.05, 4.69) is 18.8 Å². The van der Waals surface area contributed by atoms with E-state index in [1.807, 2.05) is 13.8 Å². The van der Waals surface area contributed by atoms with Crippen molar-refractivity contribution >= 4 is 0 Å². The first-order valence-corrected chi connectivity index (χ1v) is 4.50. The Morgan fingerprint density at radius 2 is 2.08 bits per heavy atom. The van der Waals surface area contributed by atoms with Crippen LogP contribution >= 0.6 is 0 Å². The minimum absolute atomic E-state index is 0.0198. The molecule has 0 aromatic rings. The van der Waals surface area contributed by atoms with E-state index in [1.54, 1.807) is 0 Å². The Balaban J connectivity index is 3.49. The Hall–Kier alpha value is -0.340. The van der Waals surface area contributed by atoms with Gasteiger partial charge in [-0.1, -0.05) is 32.9 Å². The maximum absolute atomic E-state index is 8.95. The summed E-state index contributed by atoms with van der Waals surface area (Å²) in [5.74, 6) is 0. The van der Waals surface area contributed by atoms with E-state index in [0.717, 1.165) is 19.5 Å². The van der Waals surface area contributed by atoms with Crippen molar-refractivity contribution in [3.8, 4) is 0 Å². The maximum Gasteiger partial charge on any atom is 0.0494 e. The molecule has 0 saturated carbocycles. The van der Waals surface area contributed by atoms with Crippen molar-refractivity contribution in [2.24, 2.45) is 5.41 Å². The molecule has 2 nitrogen and oxygen atoms in total. The number of aliphatic hydroxyl groups excluding tert-OH is 1. The van der Waals surface area contributed by atoms with E-state index in [4.69, 9.17) is 5.11 Å². The minimum Gasteiger partial charge on any atom is -0.396 e. The average molecular weight is 171 g/mol. The lowest BCUT2D eigenvalue weighted by Crippen LogP contribution is -2.33. The zero-order valence-corrected chi connectivity index (χ0v) is 8.48. The van der Waals surface area contributed by atoms with E-state index in [1.165, 1.54) is 5.57 Å². The molecule has 0 heterocycles. The van der Waals surface area contributed by atoms with Crippen molar-refractivity contribution in [3.63, 3.8) is 0 Å². The monoisotopic (exact) mass is 171 g/mol. The summed E-state index contributed by atoms with van der Waals surface area (Å²) < 4.78 is 0. The molecule has 2 heteroatoms. The molecule has 12 heavy (non-hydrogen) atoms. The molecule has 0 fully saturated rings. The molecule has 0 unspecified atom stereocenters. The van der Waals surface area contributed by atoms with Gasteiger partial charge in [0.05, 0.1) is 0 Å². The summed E-state index contributed by atoms with van der Waals surface area (Å²) in [6, 6.07) is 0. The Kier molecular flexibility index (Phi) is 5.18. The van der Waals surface area contributed by atoms with Gasteiger partial charge in [-0.15, -0.1) is 0 Å². The highest BCUT2D eigenvalue weighted by Crippen LogP contribution is 2.11. The van der Waals surface area contributed by atoms with Crippen LogP contribution in [0.2, 0.25) is 0 Å². The second-order valence-corrected chi connectivity index (χ2v) is 4.03. The van der Waals surface area contributed by atoms with Crippen molar-refractivity contribution in [1.29, 1.82) is 0 Å². The van der Waals surface area contributed by atoms with Crippen LogP contribution in [0.1, 0.15) is 27.2 Å². The second-order valence-electron chi connectivity index (χ2n) is 4.03. The first-order chi connectivity index (χ1) is 5.52. The lowest BCUT2D eigenvalue weighted by Gasteiger charge is -2.22. The van der Waals surface area contributed by atoms with E-state index >= 15 is 0 Å². The van der Waals surface area contributed by atoms with Gasteiger partial charge in [0.15, 0.2) is 0 Å². The number of nitrogens with one attached hydrogen (secondary N) is 1. The Labute approximate surface area is 75.7 Å². The normalized spacial score (nSPS) is 11.7. The molecule has 0 atom stereocenters. The molecular formula is C10H21NO. The molecule has 0 saturated heterocycles. The Bertz CT molecular complexity index is 141. The van der Waals surface area contributed by atoms with Crippen LogP contribution in [0.4, 0.5) is 0 Å². The van der Waals surface area contributed by atoms with Gasteiger partial charge in [-0.3, -0.25) is 0 Å². The third-order valence-corrected chi connectivity index (χ3v) is 1.91. The molecule has 72 valence electrons.